The third-order valence-electron chi connectivity index (χ3n) is 6.36. The summed E-state index contributed by atoms with van der Waals surface area (Å²) in [5.74, 6) is 0.637. The van der Waals surface area contributed by atoms with Crippen LogP contribution in [0.5, 0.6) is 5.75 Å². The number of benzene rings is 3. The van der Waals surface area contributed by atoms with E-state index in [4.69, 9.17) is 4.74 Å². The molecule has 1 aliphatic heterocycles. The summed E-state index contributed by atoms with van der Waals surface area (Å²) in [4.78, 5) is 16.9. The summed E-state index contributed by atoms with van der Waals surface area (Å²) in [7, 11) is 2.15. The van der Waals surface area contributed by atoms with Crippen LogP contribution in [0.1, 0.15) is 34.3 Å². The fraction of sp³-hybridized carbons (Fsp3) is 0.345. The Morgan fingerprint density at radius 2 is 1.82 bits per heavy atom. The second-order valence-corrected chi connectivity index (χ2v) is 9.20. The zero-order chi connectivity index (χ0) is 23.8. The predicted molar refractivity (Wildman–Crippen MR) is 133 cm³/mol. The maximum atomic E-state index is 13.5. The molecule has 1 heterocycles. The highest BCUT2D eigenvalue weighted by molar-refractivity contribution is 5.94. The van der Waals surface area contributed by atoms with E-state index in [0.29, 0.717) is 25.3 Å². The minimum atomic E-state index is -0.381. The fourth-order valence-corrected chi connectivity index (χ4v) is 4.45. The first-order chi connectivity index (χ1) is 16.6. The third-order valence-corrected chi connectivity index (χ3v) is 6.36. The van der Waals surface area contributed by atoms with E-state index in [9.17, 15) is 9.18 Å². The minimum absolute atomic E-state index is 0.107. The van der Waals surface area contributed by atoms with Gasteiger partial charge in [-0.2, -0.15) is 0 Å². The molecule has 34 heavy (non-hydrogen) atoms. The van der Waals surface area contributed by atoms with Crippen molar-refractivity contribution in [3.05, 3.63) is 101 Å². The van der Waals surface area contributed by atoms with Crippen LogP contribution in [0, 0.1) is 11.7 Å². The summed E-state index contributed by atoms with van der Waals surface area (Å²) in [6, 6.07) is 24.8. The summed E-state index contributed by atoms with van der Waals surface area (Å²) >= 11 is 0. The normalized spacial score (nSPS) is 16.0. The van der Waals surface area contributed by atoms with E-state index in [1.54, 1.807) is 12.1 Å². The van der Waals surface area contributed by atoms with Crippen molar-refractivity contribution in [1.82, 2.24) is 9.80 Å². The molecule has 0 unspecified atom stereocenters. The number of likely N-dealkylation sites (N-methyl/N-ethyl adjacent to an activating group) is 1. The molecule has 1 fully saturated rings. The number of rotatable bonds is 9. The van der Waals surface area contributed by atoms with Crippen LogP contribution in [0.4, 0.5) is 4.39 Å². The van der Waals surface area contributed by atoms with Crippen LogP contribution in [0.15, 0.2) is 78.9 Å². The van der Waals surface area contributed by atoms with Crippen molar-refractivity contribution in [2.24, 2.45) is 5.92 Å². The Morgan fingerprint density at radius 1 is 1.03 bits per heavy atom. The van der Waals surface area contributed by atoms with Crippen LogP contribution >= 0.6 is 0 Å². The summed E-state index contributed by atoms with van der Waals surface area (Å²) < 4.78 is 19.5. The van der Waals surface area contributed by atoms with E-state index in [0.717, 1.165) is 38.1 Å². The smallest absolute Gasteiger partial charge is 0.253 e. The second kappa shape index (κ2) is 11.8. The minimum Gasteiger partial charge on any atom is -0.493 e. The summed E-state index contributed by atoms with van der Waals surface area (Å²) in [5.41, 5.74) is 3.02. The Labute approximate surface area is 202 Å². The molecule has 1 saturated heterocycles. The highest BCUT2D eigenvalue weighted by Crippen LogP contribution is 2.21. The Bertz CT molecular complexity index is 1060. The summed E-state index contributed by atoms with van der Waals surface area (Å²) in [6.07, 6.45) is 3.00. The van der Waals surface area contributed by atoms with Crippen LogP contribution in [-0.2, 0) is 13.0 Å². The molecule has 0 saturated carbocycles. The SMILES string of the molecule is CN(CCc1ccccc1)Cc1ccc(OC[C@H]2CCCN(C(=O)c3cccc(F)c3)C2)cc1. The lowest BCUT2D eigenvalue weighted by atomic mass is 9.98. The average Bonchev–Trinajstić information content (AvgIpc) is 2.87. The van der Waals surface area contributed by atoms with Crippen molar-refractivity contribution < 1.29 is 13.9 Å². The van der Waals surface area contributed by atoms with Gasteiger partial charge in [0.15, 0.2) is 0 Å². The van der Waals surface area contributed by atoms with Gasteiger partial charge in [-0.3, -0.25) is 4.79 Å². The summed E-state index contributed by atoms with van der Waals surface area (Å²) in [5, 5.41) is 0. The molecule has 0 N–H and O–H groups in total. The number of nitrogens with zero attached hydrogens (tertiary/aromatic N) is 2. The first-order valence-corrected chi connectivity index (χ1v) is 12.1. The third kappa shape index (κ3) is 6.91. The number of carbonyl (C=O) groups is 1. The number of piperidine rings is 1. The number of amides is 1. The van der Waals surface area contributed by atoms with Crippen molar-refractivity contribution in [2.75, 3.05) is 33.3 Å². The Morgan fingerprint density at radius 3 is 2.59 bits per heavy atom. The number of hydrogen-bond acceptors (Lipinski definition) is 3. The molecule has 5 heteroatoms. The largest absolute Gasteiger partial charge is 0.493 e. The van der Waals surface area contributed by atoms with E-state index >= 15 is 0 Å². The van der Waals surface area contributed by atoms with Gasteiger partial charge in [0.1, 0.15) is 11.6 Å². The molecule has 0 bridgehead atoms. The maximum absolute atomic E-state index is 13.5. The van der Waals surface area contributed by atoms with Crippen LogP contribution in [0.3, 0.4) is 0 Å². The molecule has 0 aliphatic carbocycles. The number of ether oxygens (including phenoxy) is 1. The molecule has 1 atom stereocenters. The molecule has 0 radical (unpaired) electrons. The van der Waals surface area contributed by atoms with E-state index in [2.05, 4.69) is 48.3 Å². The first-order valence-electron chi connectivity index (χ1n) is 12.1. The van der Waals surface area contributed by atoms with Gasteiger partial charge in [-0.1, -0.05) is 48.5 Å². The molecule has 0 aromatic heterocycles. The van der Waals surface area contributed by atoms with Gasteiger partial charge in [0.2, 0.25) is 0 Å². The van der Waals surface area contributed by atoms with E-state index in [1.807, 2.05) is 23.1 Å². The summed E-state index contributed by atoms with van der Waals surface area (Å²) in [6.45, 7) is 3.82. The highest BCUT2D eigenvalue weighted by Gasteiger charge is 2.25. The van der Waals surface area contributed by atoms with Crippen LogP contribution in [0.25, 0.3) is 0 Å². The van der Waals surface area contributed by atoms with Gasteiger partial charge in [-0.25, -0.2) is 4.39 Å². The van der Waals surface area contributed by atoms with Crippen LogP contribution in [0.2, 0.25) is 0 Å². The van der Waals surface area contributed by atoms with Crippen molar-refractivity contribution in [2.45, 2.75) is 25.8 Å². The monoisotopic (exact) mass is 460 g/mol. The van der Waals surface area contributed by atoms with Gasteiger partial charge < -0.3 is 14.5 Å². The number of hydrogen-bond donors (Lipinski definition) is 0. The lowest BCUT2D eigenvalue weighted by Gasteiger charge is -2.32. The topological polar surface area (TPSA) is 32.8 Å². The van der Waals surface area contributed by atoms with Gasteiger partial charge in [0, 0.05) is 37.7 Å². The fourth-order valence-electron chi connectivity index (χ4n) is 4.45. The molecule has 3 aromatic rings. The quantitative estimate of drug-likeness (QED) is 0.427. The zero-order valence-electron chi connectivity index (χ0n) is 19.8. The molecule has 178 valence electrons. The van der Waals surface area contributed by atoms with E-state index in [-0.39, 0.29) is 17.6 Å². The molecule has 0 spiro atoms. The lowest BCUT2D eigenvalue weighted by Crippen LogP contribution is -2.41. The molecule has 3 aromatic carbocycles. The van der Waals surface area contributed by atoms with E-state index in [1.165, 1.54) is 23.3 Å². The Hall–Kier alpha value is -3.18. The van der Waals surface area contributed by atoms with Crippen molar-refractivity contribution in [3.8, 4) is 5.75 Å². The number of likely N-dealkylation sites (tertiary alicyclic amines) is 1. The molecule has 1 aliphatic rings. The molecule has 4 rings (SSSR count). The van der Waals surface area contributed by atoms with Gasteiger partial charge in [-0.15, -0.1) is 0 Å². The van der Waals surface area contributed by atoms with E-state index < -0.39 is 0 Å². The molecular formula is C29H33FN2O2. The van der Waals surface area contributed by atoms with Crippen LogP contribution < -0.4 is 4.74 Å². The Balaban J connectivity index is 1.22. The van der Waals surface area contributed by atoms with Gasteiger partial charge >= 0.3 is 0 Å². The van der Waals surface area contributed by atoms with Crippen molar-refractivity contribution in [3.63, 3.8) is 0 Å². The van der Waals surface area contributed by atoms with Gasteiger partial charge in [0.25, 0.3) is 5.91 Å². The van der Waals surface area contributed by atoms with Crippen molar-refractivity contribution in [1.29, 1.82) is 0 Å². The number of halogens is 1. The second-order valence-electron chi connectivity index (χ2n) is 9.20. The van der Waals surface area contributed by atoms with Gasteiger partial charge in [0.05, 0.1) is 6.61 Å². The number of carbonyl (C=O) groups excluding carboxylic acids is 1. The van der Waals surface area contributed by atoms with Crippen LogP contribution in [-0.4, -0.2) is 49.0 Å². The standard InChI is InChI=1S/C29H33FN2O2/c1-31(18-16-23-7-3-2-4-8-23)20-24-12-14-28(15-13-24)34-22-25-9-6-17-32(21-25)29(33)26-10-5-11-27(30)19-26/h2-5,7-8,10-15,19,25H,6,9,16-18,20-22H2,1H3/t25-/m0/s1. The first kappa shape index (κ1) is 24.0. The average molecular weight is 461 g/mol. The predicted octanol–water partition coefficient (Wildman–Crippen LogP) is 5.43. The molecule has 1 amide bonds. The highest BCUT2D eigenvalue weighted by atomic mass is 19.1. The lowest BCUT2D eigenvalue weighted by molar-refractivity contribution is 0.0633. The van der Waals surface area contributed by atoms with Crippen molar-refractivity contribution >= 4 is 5.91 Å². The zero-order valence-corrected chi connectivity index (χ0v) is 19.8. The Kier molecular flexibility index (Phi) is 8.31. The maximum Gasteiger partial charge on any atom is 0.253 e. The molecular weight excluding hydrogens is 427 g/mol. The van der Waals surface area contributed by atoms with Gasteiger partial charge in [-0.05, 0) is 67.8 Å². The molecule has 4 nitrogen and oxygen atoms in total.